The van der Waals surface area contributed by atoms with Crippen molar-refractivity contribution in [3.8, 4) is 0 Å². The lowest BCUT2D eigenvalue weighted by molar-refractivity contribution is 0.171. The molecule has 1 aliphatic rings. The minimum atomic E-state index is -0.303. The molecule has 0 amide bonds. The zero-order valence-corrected chi connectivity index (χ0v) is 11.4. The van der Waals surface area contributed by atoms with Crippen molar-refractivity contribution in [1.29, 1.82) is 0 Å². The summed E-state index contributed by atoms with van der Waals surface area (Å²) in [4.78, 5) is 1.27. The summed E-state index contributed by atoms with van der Waals surface area (Å²) in [5, 5.41) is 9.99. The molecule has 1 unspecified atom stereocenters. The minimum absolute atomic E-state index is 0.303. The van der Waals surface area contributed by atoms with Crippen LogP contribution in [0.1, 0.15) is 50.7 Å². The van der Waals surface area contributed by atoms with Gasteiger partial charge in [0.25, 0.3) is 0 Å². The lowest BCUT2D eigenvalue weighted by Gasteiger charge is -2.15. The molecule has 17 heavy (non-hydrogen) atoms. The third kappa shape index (κ3) is 3.49. The van der Waals surface area contributed by atoms with Gasteiger partial charge >= 0.3 is 0 Å². The lowest BCUT2D eigenvalue weighted by Crippen LogP contribution is -2.00. The molecule has 0 bridgehead atoms. The molecule has 0 spiro atoms. The van der Waals surface area contributed by atoms with Crippen molar-refractivity contribution in [3.63, 3.8) is 0 Å². The van der Waals surface area contributed by atoms with Crippen molar-refractivity contribution in [2.45, 2.75) is 50.0 Å². The highest BCUT2D eigenvalue weighted by atomic mass is 32.2. The average molecular weight is 250 g/mol. The normalized spacial score (nSPS) is 18.5. The predicted octanol–water partition coefficient (Wildman–Crippen LogP) is 4.41. The fourth-order valence-corrected chi connectivity index (χ4v) is 3.79. The van der Waals surface area contributed by atoms with Crippen molar-refractivity contribution in [3.05, 3.63) is 29.8 Å². The average Bonchev–Trinajstić information content (AvgIpc) is 2.89. The Morgan fingerprint density at radius 3 is 2.71 bits per heavy atom. The molecule has 1 aromatic rings. The molecule has 1 fully saturated rings. The maximum atomic E-state index is 9.99. The second kappa shape index (κ2) is 6.46. The Bertz CT molecular complexity index is 345. The molecule has 0 aliphatic heterocycles. The number of rotatable bonds is 5. The SMILES string of the molecule is CCC(O)c1ccccc1SCC1CCCC1. The molecule has 94 valence electrons. The summed E-state index contributed by atoms with van der Waals surface area (Å²) >= 11 is 1.93. The third-order valence-electron chi connectivity index (χ3n) is 3.61. The number of thioether (sulfide) groups is 1. The summed E-state index contributed by atoms with van der Waals surface area (Å²) in [5.41, 5.74) is 1.11. The van der Waals surface area contributed by atoms with Crippen LogP contribution in [0.5, 0.6) is 0 Å². The van der Waals surface area contributed by atoms with Crippen molar-refractivity contribution in [2.75, 3.05) is 5.75 Å². The number of hydrogen-bond acceptors (Lipinski definition) is 2. The van der Waals surface area contributed by atoms with Crippen LogP contribution in [0.25, 0.3) is 0 Å². The highest BCUT2D eigenvalue weighted by Crippen LogP contribution is 2.34. The Morgan fingerprint density at radius 2 is 2.00 bits per heavy atom. The van der Waals surface area contributed by atoms with E-state index in [2.05, 4.69) is 18.2 Å². The standard InChI is InChI=1S/C15H22OS/c1-2-14(16)13-9-5-6-10-15(13)17-11-12-7-3-4-8-12/h5-6,9-10,12,14,16H,2-4,7-8,11H2,1H3. The van der Waals surface area contributed by atoms with Crippen LogP contribution in [-0.4, -0.2) is 10.9 Å². The van der Waals surface area contributed by atoms with E-state index in [0.29, 0.717) is 0 Å². The largest absolute Gasteiger partial charge is 0.388 e. The molecule has 0 heterocycles. The molecule has 0 saturated heterocycles. The van der Waals surface area contributed by atoms with Crippen LogP contribution >= 0.6 is 11.8 Å². The van der Waals surface area contributed by atoms with Gasteiger partial charge in [0.05, 0.1) is 6.10 Å². The van der Waals surface area contributed by atoms with Gasteiger partial charge in [-0.2, -0.15) is 0 Å². The first-order chi connectivity index (χ1) is 8.31. The first-order valence-corrected chi connectivity index (χ1v) is 7.69. The van der Waals surface area contributed by atoms with Gasteiger partial charge in [0.15, 0.2) is 0 Å². The van der Waals surface area contributed by atoms with E-state index in [4.69, 9.17) is 0 Å². The van der Waals surface area contributed by atoms with Crippen LogP contribution in [-0.2, 0) is 0 Å². The summed E-state index contributed by atoms with van der Waals surface area (Å²) in [6, 6.07) is 8.30. The van der Waals surface area contributed by atoms with Gasteiger partial charge in [-0.05, 0) is 36.8 Å². The zero-order valence-electron chi connectivity index (χ0n) is 10.6. The summed E-state index contributed by atoms with van der Waals surface area (Å²) in [6.45, 7) is 2.03. The van der Waals surface area contributed by atoms with Crippen molar-refractivity contribution < 1.29 is 5.11 Å². The number of hydrogen-bond donors (Lipinski definition) is 1. The molecule has 1 nitrogen and oxygen atoms in total. The fourth-order valence-electron chi connectivity index (χ4n) is 2.49. The minimum Gasteiger partial charge on any atom is -0.388 e. The van der Waals surface area contributed by atoms with Gasteiger partial charge in [-0.1, -0.05) is 38.0 Å². The Kier molecular flexibility index (Phi) is 4.93. The summed E-state index contributed by atoms with van der Waals surface area (Å²) in [5.74, 6) is 2.11. The van der Waals surface area contributed by atoms with E-state index in [-0.39, 0.29) is 6.10 Å². The van der Waals surface area contributed by atoms with E-state index in [9.17, 15) is 5.11 Å². The quantitative estimate of drug-likeness (QED) is 0.781. The molecule has 1 saturated carbocycles. The van der Waals surface area contributed by atoms with Crippen molar-refractivity contribution >= 4 is 11.8 Å². The zero-order chi connectivity index (χ0) is 12.1. The first kappa shape index (κ1) is 13.0. The second-order valence-corrected chi connectivity index (χ2v) is 5.99. The topological polar surface area (TPSA) is 20.2 Å². The van der Waals surface area contributed by atoms with Crippen LogP contribution in [0.15, 0.2) is 29.2 Å². The van der Waals surface area contributed by atoms with E-state index in [1.54, 1.807) is 0 Å². The predicted molar refractivity (Wildman–Crippen MR) is 74.4 cm³/mol. The lowest BCUT2D eigenvalue weighted by atomic mass is 10.1. The summed E-state index contributed by atoms with van der Waals surface area (Å²) < 4.78 is 0. The third-order valence-corrected chi connectivity index (χ3v) is 4.93. The first-order valence-electron chi connectivity index (χ1n) is 6.71. The van der Waals surface area contributed by atoms with Crippen molar-refractivity contribution in [2.24, 2.45) is 5.92 Å². The van der Waals surface area contributed by atoms with Gasteiger partial charge in [0.1, 0.15) is 0 Å². The molecule has 2 rings (SSSR count). The maximum Gasteiger partial charge on any atom is 0.0798 e. The summed E-state index contributed by atoms with van der Waals surface area (Å²) in [6.07, 6.45) is 6.09. The van der Waals surface area contributed by atoms with E-state index in [1.165, 1.54) is 36.3 Å². The molecule has 1 aliphatic carbocycles. The summed E-state index contributed by atoms with van der Waals surface area (Å²) in [7, 11) is 0. The van der Waals surface area contributed by atoms with Gasteiger partial charge in [-0.3, -0.25) is 0 Å². The van der Waals surface area contributed by atoms with E-state index in [0.717, 1.165) is 17.9 Å². The molecular weight excluding hydrogens is 228 g/mol. The fraction of sp³-hybridized carbons (Fsp3) is 0.600. The number of benzene rings is 1. The maximum absolute atomic E-state index is 9.99. The second-order valence-electron chi connectivity index (χ2n) is 4.92. The monoisotopic (exact) mass is 250 g/mol. The van der Waals surface area contributed by atoms with Gasteiger partial charge in [-0.15, -0.1) is 11.8 Å². The van der Waals surface area contributed by atoms with E-state index < -0.39 is 0 Å². The molecule has 1 atom stereocenters. The van der Waals surface area contributed by atoms with Gasteiger partial charge in [0, 0.05) is 10.6 Å². The molecule has 2 heteroatoms. The Hall–Kier alpha value is -0.470. The van der Waals surface area contributed by atoms with Crippen LogP contribution in [0.3, 0.4) is 0 Å². The van der Waals surface area contributed by atoms with Crippen molar-refractivity contribution in [1.82, 2.24) is 0 Å². The molecule has 0 aromatic heterocycles. The van der Waals surface area contributed by atoms with E-state index >= 15 is 0 Å². The van der Waals surface area contributed by atoms with Crippen LogP contribution < -0.4 is 0 Å². The van der Waals surface area contributed by atoms with Crippen LogP contribution in [0.4, 0.5) is 0 Å². The van der Waals surface area contributed by atoms with Crippen LogP contribution in [0.2, 0.25) is 0 Å². The van der Waals surface area contributed by atoms with Gasteiger partial charge in [-0.25, -0.2) is 0 Å². The Labute approximate surface area is 109 Å². The van der Waals surface area contributed by atoms with E-state index in [1.807, 2.05) is 24.8 Å². The highest BCUT2D eigenvalue weighted by Gasteiger charge is 2.16. The Morgan fingerprint density at radius 1 is 1.29 bits per heavy atom. The van der Waals surface area contributed by atoms with Gasteiger partial charge in [0.2, 0.25) is 0 Å². The molecule has 0 radical (unpaired) electrons. The number of aliphatic hydroxyl groups is 1. The van der Waals surface area contributed by atoms with Crippen LogP contribution in [0, 0.1) is 5.92 Å². The highest BCUT2D eigenvalue weighted by molar-refractivity contribution is 7.99. The smallest absolute Gasteiger partial charge is 0.0798 e. The molecule has 1 aromatic carbocycles. The number of aliphatic hydroxyl groups excluding tert-OH is 1. The molecular formula is C15H22OS. The Balaban J connectivity index is 1.98. The molecule has 1 N–H and O–H groups in total. The van der Waals surface area contributed by atoms with Gasteiger partial charge < -0.3 is 5.11 Å².